The van der Waals surface area contributed by atoms with Gasteiger partial charge in [-0.25, -0.2) is 14.6 Å². The molecule has 2 amide bonds. The van der Waals surface area contributed by atoms with Crippen LogP contribution < -0.4 is 15.4 Å². The Morgan fingerprint density at radius 2 is 1.91 bits per heavy atom. The molecule has 4 rings (SSSR count). The van der Waals surface area contributed by atoms with Crippen molar-refractivity contribution >= 4 is 17.7 Å². The fourth-order valence-electron chi connectivity index (χ4n) is 3.90. The average Bonchev–Trinajstić information content (AvgIpc) is 2.99. The van der Waals surface area contributed by atoms with E-state index in [1.54, 1.807) is 24.3 Å². The summed E-state index contributed by atoms with van der Waals surface area (Å²) in [7, 11) is 0. The normalized spacial score (nSPS) is 13.0. The molecule has 1 aliphatic rings. The smallest absolute Gasteiger partial charge is 0.364 e. The lowest BCUT2D eigenvalue weighted by atomic mass is 10.1. The molecule has 32 heavy (non-hydrogen) atoms. The van der Waals surface area contributed by atoms with Crippen LogP contribution in [0.25, 0.3) is 11.4 Å². The van der Waals surface area contributed by atoms with Crippen molar-refractivity contribution in [3.8, 4) is 17.1 Å². The minimum Gasteiger partial charge on any atom is -0.422 e. The van der Waals surface area contributed by atoms with Crippen LogP contribution in [-0.2, 0) is 13.0 Å². The average molecular weight is 433 g/mol. The number of benzene rings is 2. The predicted molar refractivity (Wildman–Crippen MR) is 124 cm³/mol. The van der Waals surface area contributed by atoms with Crippen molar-refractivity contribution in [1.29, 1.82) is 0 Å². The number of urea groups is 1. The maximum absolute atomic E-state index is 13.1. The highest BCUT2D eigenvalue weighted by Gasteiger charge is 2.25. The van der Waals surface area contributed by atoms with Crippen LogP contribution in [0.1, 0.15) is 48.8 Å². The fraction of sp³-hybridized carbons (Fsp3) is 0.320. The summed E-state index contributed by atoms with van der Waals surface area (Å²) in [6.07, 6.45) is 4.85. The Bertz CT molecular complexity index is 1090. The van der Waals surface area contributed by atoms with Gasteiger partial charge in [-0.2, -0.15) is 0 Å². The summed E-state index contributed by atoms with van der Waals surface area (Å²) in [5.74, 6) is 0.683. The van der Waals surface area contributed by atoms with Crippen molar-refractivity contribution in [1.82, 2.24) is 14.9 Å². The van der Waals surface area contributed by atoms with Crippen molar-refractivity contribution in [2.45, 2.75) is 45.6 Å². The molecule has 2 heterocycles. The fourth-order valence-corrected chi connectivity index (χ4v) is 3.90. The highest BCUT2D eigenvalue weighted by Crippen LogP contribution is 2.28. The van der Waals surface area contributed by atoms with Crippen LogP contribution in [-0.4, -0.2) is 28.1 Å². The number of nitrogens with zero attached hydrogens (tertiary/aromatic N) is 2. The lowest BCUT2D eigenvalue weighted by molar-refractivity contribution is 0.0728. The number of amides is 2. The monoisotopic (exact) mass is 432 g/mol. The third kappa shape index (κ3) is 4.99. The van der Waals surface area contributed by atoms with Gasteiger partial charge >= 0.3 is 12.0 Å². The lowest BCUT2D eigenvalue weighted by Gasteiger charge is -2.10. The van der Waals surface area contributed by atoms with E-state index in [1.165, 1.54) is 0 Å². The predicted octanol–water partition coefficient (Wildman–Crippen LogP) is 5.03. The van der Waals surface area contributed by atoms with Gasteiger partial charge in [-0.3, -0.25) is 0 Å². The highest BCUT2D eigenvalue weighted by molar-refractivity contribution is 5.92. The van der Waals surface area contributed by atoms with Gasteiger partial charge in [0.1, 0.15) is 11.6 Å². The Kier molecular flexibility index (Phi) is 6.84. The van der Waals surface area contributed by atoms with Gasteiger partial charge in [0.2, 0.25) is 0 Å². The quantitative estimate of drug-likeness (QED) is 0.423. The number of anilines is 1. The zero-order chi connectivity index (χ0) is 22.3. The number of imidazole rings is 1. The van der Waals surface area contributed by atoms with Gasteiger partial charge < -0.3 is 19.9 Å². The van der Waals surface area contributed by atoms with E-state index in [9.17, 15) is 9.59 Å². The van der Waals surface area contributed by atoms with E-state index in [4.69, 9.17) is 9.72 Å². The number of carbonyl (C=O) groups is 2. The van der Waals surface area contributed by atoms with Crippen LogP contribution in [0.4, 0.5) is 10.5 Å². The van der Waals surface area contributed by atoms with Gasteiger partial charge in [-0.1, -0.05) is 49.7 Å². The van der Waals surface area contributed by atoms with E-state index in [2.05, 4.69) is 15.2 Å². The van der Waals surface area contributed by atoms with Crippen LogP contribution >= 0.6 is 0 Å². The van der Waals surface area contributed by atoms with Crippen molar-refractivity contribution in [2.24, 2.45) is 0 Å². The van der Waals surface area contributed by atoms with Crippen molar-refractivity contribution in [3.05, 3.63) is 66.0 Å². The number of hydrogen-bond donors (Lipinski definition) is 2. The highest BCUT2D eigenvalue weighted by atomic mass is 16.5. The van der Waals surface area contributed by atoms with Gasteiger partial charge in [-0.05, 0) is 37.8 Å². The number of ether oxygens (including phenoxy) is 1. The first-order chi connectivity index (χ1) is 15.7. The molecular formula is C25H28N4O3. The molecule has 7 nitrogen and oxygen atoms in total. The molecule has 0 saturated heterocycles. The van der Waals surface area contributed by atoms with Gasteiger partial charge in [0.25, 0.3) is 0 Å². The van der Waals surface area contributed by atoms with E-state index < -0.39 is 5.97 Å². The molecule has 0 bridgehead atoms. The van der Waals surface area contributed by atoms with Gasteiger partial charge in [0.15, 0.2) is 5.69 Å². The minimum atomic E-state index is -0.481. The Labute approximate surface area is 187 Å². The first-order valence-corrected chi connectivity index (χ1v) is 11.2. The molecule has 0 unspecified atom stereocenters. The molecule has 3 aromatic rings. The topological polar surface area (TPSA) is 85.2 Å². The number of esters is 1. The molecule has 0 fully saturated rings. The second kappa shape index (κ2) is 10.1. The molecule has 2 N–H and O–H groups in total. The summed E-state index contributed by atoms with van der Waals surface area (Å²) in [6, 6.07) is 16.5. The number of carbonyl (C=O) groups excluding carboxylic acids is 2. The Hall–Kier alpha value is -3.61. The van der Waals surface area contributed by atoms with Crippen LogP contribution in [0.5, 0.6) is 5.75 Å². The third-order valence-corrected chi connectivity index (χ3v) is 5.43. The Balaban J connectivity index is 1.57. The number of fused-ring (bicyclic) bond motifs is 1. The van der Waals surface area contributed by atoms with Crippen molar-refractivity contribution < 1.29 is 14.3 Å². The third-order valence-electron chi connectivity index (χ3n) is 5.43. The standard InChI is InChI=1S/C25H28N4O3/c1-2-15-26-25(31)27-19-12-9-13-20(17-19)32-24(30)22-21-14-7-4-8-16-29(21)23(28-22)18-10-5-3-6-11-18/h3,5-6,9-13,17H,2,4,7-8,14-16H2,1H3,(H2,26,27,31). The maximum atomic E-state index is 13.1. The van der Waals surface area contributed by atoms with E-state index in [-0.39, 0.29) is 6.03 Å². The zero-order valence-electron chi connectivity index (χ0n) is 18.3. The molecule has 2 aromatic carbocycles. The van der Waals surface area contributed by atoms with Crippen LogP contribution in [0.2, 0.25) is 0 Å². The molecule has 1 aliphatic heterocycles. The van der Waals surface area contributed by atoms with Crippen LogP contribution in [0.3, 0.4) is 0 Å². The molecular weight excluding hydrogens is 404 g/mol. The first-order valence-electron chi connectivity index (χ1n) is 11.2. The minimum absolute atomic E-state index is 0.290. The molecule has 0 aliphatic carbocycles. The lowest BCUT2D eigenvalue weighted by Crippen LogP contribution is -2.29. The second-order valence-electron chi connectivity index (χ2n) is 7.86. The Morgan fingerprint density at radius 1 is 1.06 bits per heavy atom. The van der Waals surface area contributed by atoms with E-state index >= 15 is 0 Å². The van der Waals surface area contributed by atoms with E-state index in [1.807, 2.05) is 37.3 Å². The molecule has 166 valence electrons. The summed E-state index contributed by atoms with van der Waals surface area (Å²) in [6.45, 7) is 3.42. The van der Waals surface area contributed by atoms with Crippen molar-refractivity contribution in [2.75, 3.05) is 11.9 Å². The van der Waals surface area contributed by atoms with Crippen LogP contribution in [0.15, 0.2) is 54.6 Å². The van der Waals surface area contributed by atoms with E-state index in [0.717, 1.165) is 55.7 Å². The SMILES string of the molecule is CCCNC(=O)Nc1cccc(OC(=O)c2nc(-c3ccccc3)n3c2CCCCC3)c1. The van der Waals surface area contributed by atoms with Crippen LogP contribution in [0, 0.1) is 0 Å². The molecule has 0 radical (unpaired) electrons. The molecule has 0 saturated carbocycles. The summed E-state index contributed by atoms with van der Waals surface area (Å²) in [5, 5.41) is 5.51. The molecule has 1 aromatic heterocycles. The van der Waals surface area contributed by atoms with E-state index in [0.29, 0.717) is 23.7 Å². The number of hydrogen-bond acceptors (Lipinski definition) is 4. The number of aromatic nitrogens is 2. The largest absolute Gasteiger partial charge is 0.422 e. The first kappa shape index (κ1) is 21.6. The van der Waals surface area contributed by atoms with Gasteiger partial charge in [0.05, 0.1) is 5.69 Å². The van der Waals surface area contributed by atoms with Gasteiger partial charge in [0, 0.05) is 30.4 Å². The summed E-state index contributed by atoms with van der Waals surface area (Å²) in [5.41, 5.74) is 2.83. The molecule has 0 atom stereocenters. The number of rotatable bonds is 6. The molecule has 7 heteroatoms. The summed E-state index contributed by atoms with van der Waals surface area (Å²) < 4.78 is 7.84. The van der Waals surface area contributed by atoms with Crippen molar-refractivity contribution in [3.63, 3.8) is 0 Å². The van der Waals surface area contributed by atoms with Gasteiger partial charge in [-0.15, -0.1) is 0 Å². The zero-order valence-corrected chi connectivity index (χ0v) is 18.3. The maximum Gasteiger partial charge on any atom is 0.364 e. The summed E-state index contributed by atoms with van der Waals surface area (Å²) >= 11 is 0. The molecule has 0 spiro atoms. The second-order valence-corrected chi connectivity index (χ2v) is 7.86. The summed E-state index contributed by atoms with van der Waals surface area (Å²) in [4.78, 5) is 29.7. The number of nitrogens with one attached hydrogen (secondary N) is 2. The Morgan fingerprint density at radius 3 is 2.72 bits per heavy atom.